The van der Waals surface area contributed by atoms with Crippen LogP contribution >= 0.6 is 15.9 Å². The molecule has 0 aliphatic heterocycles. The van der Waals surface area contributed by atoms with Crippen LogP contribution in [0.15, 0.2) is 53.0 Å². The number of nitrogens with zero attached hydrogens (tertiary/aromatic N) is 4. The zero-order valence-corrected chi connectivity index (χ0v) is 14.4. The maximum Gasteiger partial charge on any atom is 0.246 e. The molecule has 0 unspecified atom stereocenters. The number of ether oxygens (including phenoxy) is 1. The van der Waals surface area contributed by atoms with Gasteiger partial charge in [-0.1, -0.05) is 40.2 Å². The first kappa shape index (κ1) is 16.1. The minimum Gasteiger partial charge on any atom is -0.495 e. The van der Waals surface area contributed by atoms with E-state index in [2.05, 4.69) is 36.8 Å². The number of amides is 1. The Bertz CT molecular complexity index is 848. The molecule has 3 aromatic rings. The number of hydrogen-bond donors (Lipinski definition) is 1. The Morgan fingerprint density at radius 2 is 1.96 bits per heavy atom. The third-order valence-corrected chi connectivity index (χ3v) is 3.84. The molecule has 0 aliphatic rings. The lowest BCUT2D eigenvalue weighted by molar-refractivity contribution is -0.116. The summed E-state index contributed by atoms with van der Waals surface area (Å²) in [5.74, 6) is 0.874. The first-order valence-electron chi connectivity index (χ1n) is 7.12. The van der Waals surface area contributed by atoms with Crippen molar-refractivity contribution in [3.63, 3.8) is 0 Å². The van der Waals surface area contributed by atoms with Crippen LogP contribution < -0.4 is 10.1 Å². The van der Waals surface area contributed by atoms with Crippen LogP contribution in [-0.2, 0) is 11.3 Å². The normalized spacial score (nSPS) is 10.4. The second-order valence-corrected chi connectivity index (χ2v) is 5.83. The number of rotatable bonds is 5. The van der Waals surface area contributed by atoms with Gasteiger partial charge in [-0.2, -0.15) is 0 Å². The minimum atomic E-state index is -0.245. The number of tetrazole rings is 1. The molecule has 24 heavy (non-hydrogen) atoms. The highest BCUT2D eigenvalue weighted by Crippen LogP contribution is 2.23. The van der Waals surface area contributed by atoms with E-state index in [1.807, 2.05) is 36.4 Å². The molecule has 122 valence electrons. The Morgan fingerprint density at radius 3 is 2.71 bits per heavy atom. The fourth-order valence-corrected chi connectivity index (χ4v) is 2.45. The number of nitrogens with one attached hydrogen (secondary N) is 1. The van der Waals surface area contributed by atoms with Crippen LogP contribution in [0.2, 0.25) is 0 Å². The Balaban J connectivity index is 1.76. The lowest BCUT2D eigenvalue weighted by Gasteiger charge is -2.10. The number of hydrogen-bond acceptors (Lipinski definition) is 5. The van der Waals surface area contributed by atoms with Crippen LogP contribution in [0, 0.1) is 0 Å². The highest BCUT2D eigenvalue weighted by Gasteiger charge is 2.13. The number of carbonyl (C=O) groups excluding carboxylic acids is 1. The van der Waals surface area contributed by atoms with E-state index in [0.717, 1.165) is 10.0 Å². The van der Waals surface area contributed by atoms with E-state index in [1.54, 1.807) is 19.2 Å². The SMILES string of the molecule is COc1ccccc1NC(=O)Cn1nnnc1-c1ccc(Br)cc1. The minimum absolute atomic E-state index is 0.00353. The largest absolute Gasteiger partial charge is 0.495 e. The van der Waals surface area contributed by atoms with Crippen LogP contribution in [0.3, 0.4) is 0 Å². The van der Waals surface area contributed by atoms with Gasteiger partial charge in [0.15, 0.2) is 5.82 Å². The maximum absolute atomic E-state index is 12.3. The fraction of sp³-hybridized carbons (Fsp3) is 0.125. The second-order valence-electron chi connectivity index (χ2n) is 4.92. The van der Waals surface area contributed by atoms with Gasteiger partial charge in [-0.3, -0.25) is 4.79 Å². The van der Waals surface area contributed by atoms with Crippen molar-refractivity contribution in [1.82, 2.24) is 20.2 Å². The van der Waals surface area contributed by atoms with Crippen LogP contribution in [0.4, 0.5) is 5.69 Å². The summed E-state index contributed by atoms with van der Waals surface area (Å²) in [7, 11) is 1.55. The highest BCUT2D eigenvalue weighted by atomic mass is 79.9. The van der Waals surface area contributed by atoms with E-state index in [1.165, 1.54) is 4.68 Å². The van der Waals surface area contributed by atoms with Gasteiger partial charge in [0.2, 0.25) is 5.91 Å². The van der Waals surface area contributed by atoms with Crippen molar-refractivity contribution in [2.75, 3.05) is 12.4 Å². The van der Waals surface area contributed by atoms with Gasteiger partial charge in [-0.25, -0.2) is 4.68 Å². The molecule has 0 spiro atoms. The molecule has 1 N–H and O–H groups in total. The van der Waals surface area contributed by atoms with Gasteiger partial charge >= 0.3 is 0 Å². The smallest absolute Gasteiger partial charge is 0.246 e. The predicted octanol–water partition coefficient (Wildman–Crippen LogP) is 2.75. The number of carbonyl (C=O) groups is 1. The number of methoxy groups -OCH3 is 1. The van der Waals surface area contributed by atoms with Gasteiger partial charge in [0.1, 0.15) is 12.3 Å². The molecule has 0 radical (unpaired) electrons. The predicted molar refractivity (Wildman–Crippen MR) is 92.6 cm³/mol. The van der Waals surface area contributed by atoms with Crippen molar-refractivity contribution < 1.29 is 9.53 Å². The topological polar surface area (TPSA) is 81.9 Å². The third-order valence-electron chi connectivity index (χ3n) is 3.31. The molecular weight excluding hydrogens is 374 g/mol. The van der Waals surface area contributed by atoms with Crippen molar-refractivity contribution in [3.05, 3.63) is 53.0 Å². The zero-order valence-electron chi connectivity index (χ0n) is 12.8. The first-order valence-corrected chi connectivity index (χ1v) is 7.91. The highest BCUT2D eigenvalue weighted by molar-refractivity contribution is 9.10. The van der Waals surface area contributed by atoms with Gasteiger partial charge in [-0.05, 0) is 34.7 Å². The maximum atomic E-state index is 12.3. The summed E-state index contributed by atoms with van der Waals surface area (Å²) in [6, 6.07) is 14.7. The number of aromatic nitrogens is 4. The Hall–Kier alpha value is -2.74. The zero-order chi connectivity index (χ0) is 16.9. The first-order chi connectivity index (χ1) is 11.7. The molecule has 0 aliphatic carbocycles. The van der Waals surface area contributed by atoms with Crippen LogP contribution in [0.5, 0.6) is 5.75 Å². The average molecular weight is 388 g/mol. The van der Waals surface area contributed by atoms with Gasteiger partial charge < -0.3 is 10.1 Å². The van der Waals surface area contributed by atoms with Crippen molar-refractivity contribution in [2.24, 2.45) is 0 Å². The Labute approximate surface area is 146 Å². The molecule has 0 saturated heterocycles. The molecule has 0 saturated carbocycles. The Kier molecular flexibility index (Phi) is 4.85. The molecule has 3 rings (SSSR count). The summed E-state index contributed by atoms with van der Waals surface area (Å²) >= 11 is 3.38. The third kappa shape index (κ3) is 3.60. The monoisotopic (exact) mass is 387 g/mol. The molecule has 0 bridgehead atoms. The van der Waals surface area contributed by atoms with Gasteiger partial charge in [0.05, 0.1) is 12.8 Å². The van der Waals surface area contributed by atoms with Gasteiger partial charge in [0, 0.05) is 10.0 Å². The van der Waals surface area contributed by atoms with Gasteiger partial charge in [-0.15, -0.1) is 5.10 Å². The quantitative estimate of drug-likeness (QED) is 0.727. The summed E-state index contributed by atoms with van der Waals surface area (Å²) in [5, 5.41) is 14.3. The second kappa shape index (κ2) is 7.22. The lowest BCUT2D eigenvalue weighted by atomic mass is 10.2. The molecule has 2 aromatic carbocycles. The van der Waals surface area contributed by atoms with Crippen molar-refractivity contribution in [2.45, 2.75) is 6.54 Å². The summed E-state index contributed by atoms with van der Waals surface area (Å²) < 4.78 is 7.63. The van der Waals surface area contributed by atoms with E-state index >= 15 is 0 Å². The summed E-state index contributed by atoms with van der Waals surface area (Å²) in [6.45, 7) is -0.00353. The number of benzene rings is 2. The van der Waals surface area contributed by atoms with E-state index < -0.39 is 0 Å². The number of anilines is 1. The van der Waals surface area contributed by atoms with Crippen molar-refractivity contribution in [3.8, 4) is 17.1 Å². The standard InChI is InChI=1S/C16H14BrN5O2/c1-24-14-5-3-2-4-13(14)18-15(23)10-22-16(19-20-21-22)11-6-8-12(17)9-7-11/h2-9H,10H2,1H3,(H,18,23). The molecule has 8 heteroatoms. The molecule has 0 fully saturated rings. The van der Waals surface area contributed by atoms with Gasteiger partial charge in [0.25, 0.3) is 0 Å². The fourth-order valence-electron chi connectivity index (χ4n) is 2.19. The molecule has 7 nitrogen and oxygen atoms in total. The van der Waals surface area contributed by atoms with Crippen molar-refractivity contribution >= 4 is 27.5 Å². The van der Waals surface area contributed by atoms with E-state index in [-0.39, 0.29) is 12.5 Å². The lowest BCUT2D eigenvalue weighted by Crippen LogP contribution is -2.20. The molecule has 0 atom stereocenters. The summed E-state index contributed by atoms with van der Waals surface area (Å²) in [6.07, 6.45) is 0. The van der Waals surface area contributed by atoms with Crippen LogP contribution in [0.1, 0.15) is 0 Å². The summed E-state index contributed by atoms with van der Waals surface area (Å²) in [4.78, 5) is 12.3. The van der Waals surface area contributed by atoms with E-state index in [4.69, 9.17) is 4.74 Å². The Morgan fingerprint density at radius 1 is 1.21 bits per heavy atom. The van der Waals surface area contributed by atoms with E-state index in [0.29, 0.717) is 17.3 Å². The number of para-hydroxylation sites is 2. The molecule has 1 amide bonds. The summed E-state index contributed by atoms with van der Waals surface area (Å²) in [5.41, 5.74) is 1.43. The van der Waals surface area contributed by atoms with E-state index in [9.17, 15) is 4.79 Å². The number of halogens is 1. The average Bonchev–Trinajstić information content (AvgIpc) is 3.04. The van der Waals surface area contributed by atoms with Crippen LogP contribution in [-0.4, -0.2) is 33.2 Å². The van der Waals surface area contributed by atoms with Crippen molar-refractivity contribution in [1.29, 1.82) is 0 Å². The molecule has 1 heterocycles. The molecule has 1 aromatic heterocycles. The van der Waals surface area contributed by atoms with Crippen LogP contribution in [0.25, 0.3) is 11.4 Å². The molecular formula is C16H14BrN5O2.